The summed E-state index contributed by atoms with van der Waals surface area (Å²) in [4.78, 5) is 1.79. The summed E-state index contributed by atoms with van der Waals surface area (Å²) in [5, 5.41) is 11.3. The van der Waals surface area contributed by atoms with Crippen LogP contribution in [0.25, 0.3) is 0 Å². The molecular formula is C14H17F2N3O. The van der Waals surface area contributed by atoms with Gasteiger partial charge in [-0.15, -0.1) is 0 Å². The molecule has 0 bridgehead atoms. The van der Waals surface area contributed by atoms with E-state index in [1.807, 2.05) is 0 Å². The van der Waals surface area contributed by atoms with Crippen molar-refractivity contribution in [2.24, 2.45) is 22.7 Å². The molecule has 1 aromatic carbocycles. The van der Waals surface area contributed by atoms with Gasteiger partial charge in [-0.1, -0.05) is 11.6 Å². The summed E-state index contributed by atoms with van der Waals surface area (Å²) in [6.07, 6.45) is 3.51. The van der Waals surface area contributed by atoms with E-state index in [-0.39, 0.29) is 17.1 Å². The van der Waals surface area contributed by atoms with Crippen molar-refractivity contribution in [3.63, 3.8) is 0 Å². The summed E-state index contributed by atoms with van der Waals surface area (Å²) in [5.74, 6) is -0.513. The maximum Gasteiger partial charge on any atom is 0.170 e. The molecule has 1 heterocycles. The Balaban J connectivity index is 1.91. The normalized spacial score (nSPS) is 26.1. The van der Waals surface area contributed by atoms with Crippen LogP contribution in [-0.2, 0) is 0 Å². The third-order valence-corrected chi connectivity index (χ3v) is 4.46. The molecule has 1 saturated heterocycles. The van der Waals surface area contributed by atoms with Crippen LogP contribution in [0.4, 0.5) is 14.5 Å². The molecule has 108 valence electrons. The Bertz CT molecular complexity index is 526. The zero-order valence-electron chi connectivity index (χ0n) is 11.0. The number of rotatable bonds is 2. The summed E-state index contributed by atoms with van der Waals surface area (Å²) >= 11 is 0. The smallest absolute Gasteiger partial charge is 0.170 e. The second kappa shape index (κ2) is 4.92. The van der Waals surface area contributed by atoms with Crippen molar-refractivity contribution in [3.8, 4) is 0 Å². The van der Waals surface area contributed by atoms with Crippen LogP contribution < -0.4 is 10.6 Å². The van der Waals surface area contributed by atoms with Gasteiger partial charge in [-0.3, -0.25) is 0 Å². The minimum atomic E-state index is -0.661. The lowest BCUT2D eigenvalue weighted by molar-refractivity contribution is 0.318. The minimum Gasteiger partial charge on any atom is -0.409 e. The first kappa shape index (κ1) is 13.1. The van der Waals surface area contributed by atoms with Gasteiger partial charge in [0.25, 0.3) is 0 Å². The van der Waals surface area contributed by atoms with Crippen LogP contribution in [0.1, 0.15) is 24.8 Å². The molecule has 0 spiro atoms. The number of nitrogens with two attached hydrogens (primary N) is 1. The van der Waals surface area contributed by atoms with Crippen molar-refractivity contribution >= 4 is 11.5 Å². The maximum absolute atomic E-state index is 14.2. The largest absolute Gasteiger partial charge is 0.409 e. The van der Waals surface area contributed by atoms with E-state index in [2.05, 4.69) is 5.16 Å². The third kappa shape index (κ3) is 2.09. The Labute approximate surface area is 115 Å². The lowest BCUT2D eigenvalue weighted by Crippen LogP contribution is -2.24. The van der Waals surface area contributed by atoms with Gasteiger partial charge in [0.2, 0.25) is 0 Å². The molecule has 0 aromatic heterocycles. The van der Waals surface area contributed by atoms with Crippen LogP contribution in [0, 0.1) is 23.5 Å². The third-order valence-electron chi connectivity index (χ3n) is 4.46. The zero-order chi connectivity index (χ0) is 14.3. The van der Waals surface area contributed by atoms with Crippen LogP contribution in [0.5, 0.6) is 0 Å². The van der Waals surface area contributed by atoms with Crippen molar-refractivity contribution in [3.05, 3.63) is 29.3 Å². The fourth-order valence-electron chi connectivity index (χ4n) is 3.49. The van der Waals surface area contributed by atoms with Crippen LogP contribution >= 0.6 is 0 Å². The molecule has 4 nitrogen and oxygen atoms in total. The number of anilines is 1. The molecule has 2 fully saturated rings. The van der Waals surface area contributed by atoms with Crippen molar-refractivity contribution in [1.29, 1.82) is 0 Å². The monoisotopic (exact) mass is 281 g/mol. The topological polar surface area (TPSA) is 61.9 Å². The fourth-order valence-corrected chi connectivity index (χ4v) is 3.49. The van der Waals surface area contributed by atoms with Gasteiger partial charge in [-0.25, -0.2) is 8.78 Å². The summed E-state index contributed by atoms with van der Waals surface area (Å²) in [6.45, 7) is 1.42. The molecular weight excluding hydrogens is 264 g/mol. The van der Waals surface area contributed by atoms with E-state index in [0.717, 1.165) is 25.0 Å². The molecule has 1 saturated carbocycles. The van der Waals surface area contributed by atoms with Crippen molar-refractivity contribution in [2.45, 2.75) is 19.3 Å². The Hall–Kier alpha value is -1.85. The summed E-state index contributed by atoms with van der Waals surface area (Å²) in [7, 11) is 0. The van der Waals surface area contributed by atoms with Crippen molar-refractivity contribution in [2.75, 3.05) is 18.0 Å². The van der Waals surface area contributed by atoms with Crippen LogP contribution in [-0.4, -0.2) is 24.1 Å². The van der Waals surface area contributed by atoms with E-state index in [4.69, 9.17) is 10.9 Å². The van der Waals surface area contributed by atoms with E-state index >= 15 is 0 Å². The Morgan fingerprint density at radius 2 is 1.75 bits per heavy atom. The summed E-state index contributed by atoms with van der Waals surface area (Å²) < 4.78 is 28.3. The SMILES string of the molecule is N/C(=N/O)c1cc(F)c(N2CC3CCCC3C2)c(F)c1. The average molecular weight is 281 g/mol. The molecule has 1 aromatic rings. The van der Waals surface area contributed by atoms with Crippen molar-refractivity contribution in [1.82, 2.24) is 0 Å². The number of fused-ring (bicyclic) bond motifs is 1. The molecule has 0 radical (unpaired) electrons. The summed E-state index contributed by atoms with van der Waals surface area (Å²) in [5.41, 5.74) is 5.42. The molecule has 3 rings (SSSR count). The van der Waals surface area contributed by atoms with Gasteiger partial charge in [-0.05, 0) is 36.8 Å². The van der Waals surface area contributed by atoms with E-state index in [0.29, 0.717) is 24.9 Å². The number of halogens is 2. The minimum absolute atomic E-state index is 0.00823. The number of nitrogens with zero attached hydrogens (tertiary/aromatic N) is 2. The first-order valence-corrected chi connectivity index (χ1v) is 6.82. The predicted molar refractivity (Wildman–Crippen MR) is 71.9 cm³/mol. The standard InChI is InChI=1S/C14H17F2N3O/c15-11-4-10(14(17)18-20)5-12(16)13(11)19-6-8-2-1-3-9(8)7-19/h4-5,8-9,20H,1-3,6-7H2,(H2,17,18). The summed E-state index contributed by atoms with van der Waals surface area (Å²) in [6, 6.07) is 2.23. The molecule has 1 aliphatic carbocycles. The lowest BCUT2D eigenvalue weighted by atomic mass is 10.0. The Morgan fingerprint density at radius 3 is 2.25 bits per heavy atom. The molecule has 2 atom stereocenters. The fraction of sp³-hybridized carbons (Fsp3) is 0.500. The Kier molecular flexibility index (Phi) is 3.23. The van der Waals surface area contributed by atoms with Gasteiger partial charge >= 0.3 is 0 Å². The second-order valence-electron chi connectivity index (χ2n) is 5.63. The number of amidine groups is 1. The van der Waals surface area contributed by atoms with Gasteiger partial charge in [0, 0.05) is 18.7 Å². The van der Waals surface area contributed by atoms with Crippen molar-refractivity contribution < 1.29 is 14.0 Å². The first-order valence-electron chi connectivity index (χ1n) is 6.82. The highest BCUT2D eigenvalue weighted by Crippen LogP contribution is 2.40. The number of hydrogen-bond donors (Lipinski definition) is 2. The van der Waals surface area contributed by atoms with Gasteiger partial charge < -0.3 is 15.8 Å². The van der Waals surface area contributed by atoms with E-state index in [1.165, 1.54) is 6.42 Å². The van der Waals surface area contributed by atoms with Gasteiger partial charge in [0.05, 0.1) is 0 Å². The molecule has 0 amide bonds. The van der Waals surface area contributed by atoms with E-state index in [1.54, 1.807) is 4.90 Å². The molecule has 2 unspecified atom stereocenters. The predicted octanol–water partition coefficient (Wildman–Crippen LogP) is 2.30. The van der Waals surface area contributed by atoms with Crippen LogP contribution in [0.15, 0.2) is 17.3 Å². The maximum atomic E-state index is 14.2. The quantitative estimate of drug-likeness (QED) is 0.378. The van der Waals surface area contributed by atoms with Crippen LogP contribution in [0.2, 0.25) is 0 Å². The zero-order valence-corrected chi connectivity index (χ0v) is 11.0. The van der Waals surface area contributed by atoms with E-state index < -0.39 is 11.6 Å². The molecule has 3 N–H and O–H groups in total. The second-order valence-corrected chi connectivity index (χ2v) is 5.63. The van der Waals surface area contributed by atoms with Crippen LogP contribution in [0.3, 0.4) is 0 Å². The molecule has 6 heteroatoms. The highest BCUT2D eigenvalue weighted by Gasteiger charge is 2.37. The molecule has 1 aliphatic heterocycles. The van der Waals surface area contributed by atoms with Gasteiger partial charge in [-0.2, -0.15) is 0 Å². The molecule has 2 aliphatic rings. The average Bonchev–Trinajstić information content (AvgIpc) is 2.98. The molecule has 20 heavy (non-hydrogen) atoms. The number of hydrogen-bond acceptors (Lipinski definition) is 3. The first-order chi connectivity index (χ1) is 9.60. The van der Waals surface area contributed by atoms with E-state index in [9.17, 15) is 8.78 Å². The number of oxime groups is 1. The lowest BCUT2D eigenvalue weighted by Gasteiger charge is -2.21. The Morgan fingerprint density at radius 1 is 1.20 bits per heavy atom. The van der Waals surface area contributed by atoms with Gasteiger partial charge in [0.1, 0.15) is 17.3 Å². The van der Waals surface area contributed by atoms with Gasteiger partial charge in [0.15, 0.2) is 5.84 Å². The highest BCUT2D eigenvalue weighted by molar-refractivity contribution is 5.97. The number of benzene rings is 1. The highest BCUT2D eigenvalue weighted by atomic mass is 19.1.